The molecule has 1 aliphatic heterocycles. The fourth-order valence-electron chi connectivity index (χ4n) is 1.83. The third kappa shape index (κ3) is 2.03. The van der Waals surface area contributed by atoms with Crippen LogP contribution in [0.2, 0.25) is 0 Å². The first kappa shape index (κ1) is 11.7. The van der Waals surface area contributed by atoms with Crippen molar-refractivity contribution < 1.29 is 14.4 Å². The molecule has 1 atom stereocenters. The van der Waals surface area contributed by atoms with Crippen molar-refractivity contribution in [2.45, 2.75) is 19.4 Å². The van der Waals surface area contributed by atoms with E-state index in [-0.39, 0.29) is 5.97 Å². The lowest BCUT2D eigenvalue weighted by atomic mass is 9.86. The Hall–Kier alpha value is -1.81. The first-order valence-corrected chi connectivity index (χ1v) is 5.54. The van der Waals surface area contributed by atoms with Gasteiger partial charge in [-0.25, -0.2) is 4.79 Å². The predicted octanol–water partition coefficient (Wildman–Crippen LogP) is 1.88. The molecular weight excluding hydrogens is 218 g/mol. The Morgan fingerprint density at radius 3 is 2.76 bits per heavy atom. The fourth-order valence-corrected chi connectivity index (χ4v) is 1.83. The van der Waals surface area contributed by atoms with Crippen molar-refractivity contribution in [2.75, 3.05) is 6.61 Å². The summed E-state index contributed by atoms with van der Waals surface area (Å²) < 4.78 is 5.02. The molecule has 0 bridgehead atoms. The average Bonchev–Trinajstić information content (AvgIpc) is 2.74. The van der Waals surface area contributed by atoms with Gasteiger partial charge in [-0.05, 0) is 19.4 Å². The van der Waals surface area contributed by atoms with Gasteiger partial charge in [0.15, 0.2) is 0 Å². The van der Waals surface area contributed by atoms with Crippen LogP contribution in [-0.4, -0.2) is 12.6 Å². The van der Waals surface area contributed by atoms with Crippen molar-refractivity contribution in [3.05, 3.63) is 47.7 Å². The van der Waals surface area contributed by atoms with Crippen LogP contribution in [0.1, 0.15) is 19.4 Å². The number of hydrogen-bond donors (Lipinski definition) is 1. The van der Waals surface area contributed by atoms with Gasteiger partial charge in [0.05, 0.1) is 6.61 Å². The maximum absolute atomic E-state index is 11.8. The zero-order valence-electron chi connectivity index (χ0n) is 9.90. The molecule has 17 heavy (non-hydrogen) atoms. The van der Waals surface area contributed by atoms with Gasteiger partial charge in [-0.1, -0.05) is 30.3 Å². The van der Waals surface area contributed by atoms with Crippen molar-refractivity contribution in [1.82, 2.24) is 5.48 Å². The van der Waals surface area contributed by atoms with E-state index in [1.807, 2.05) is 37.3 Å². The molecule has 1 aromatic rings. The molecule has 1 unspecified atom stereocenters. The van der Waals surface area contributed by atoms with Crippen LogP contribution in [0.25, 0.3) is 0 Å². The Bertz CT molecular complexity index is 441. The summed E-state index contributed by atoms with van der Waals surface area (Å²) in [6.07, 6.45) is 1.41. The van der Waals surface area contributed by atoms with Crippen molar-refractivity contribution in [1.29, 1.82) is 0 Å². The Morgan fingerprint density at radius 2 is 2.12 bits per heavy atom. The number of hydroxylamine groups is 1. The van der Waals surface area contributed by atoms with Crippen molar-refractivity contribution >= 4 is 5.97 Å². The smallest absolute Gasteiger partial charge is 0.339 e. The van der Waals surface area contributed by atoms with Gasteiger partial charge in [0.2, 0.25) is 0 Å². The molecule has 2 rings (SSSR count). The minimum atomic E-state index is -0.659. The molecule has 0 radical (unpaired) electrons. The summed E-state index contributed by atoms with van der Waals surface area (Å²) >= 11 is 0. The highest BCUT2D eigenvalue weighted by Gasteiger charge is 2.41. The van der Waals surface area contributed by atoms with Crippen LogP contribution in [0.3, 0.4) is 0 Å². The zero-order valence-corrected chi connectivity index (χ0v) is 9.90. The van der Waals surface area contributed by atoms with E-state index < -0.39 is 5.54 Å². The van der Waals surface area contributed by atoms with E-state index >= 15 is 0 Å². The molecule has 1 heterocycles. The standard InChI is InChI=1S/C13H15NO3/c1-3-16-12(15)11-9-17-14-13(11,2)10-7-5-4-6-8-10/h4-9,14H,3H2,1-2H3. The van der Waals surface area contributed by atoms with Gasteiger partial charge in [0.25, 0.3) is 0 Å². The van der Waals surface area contributed by atoms with Crippen molar-refractivity contribution in [3.63, 3.8) is 0 Å². The Balaban J connectivity index is 2.32. The molecule has 4 nitrogen and oxygen atoms in total. The largest absolute Gasteiger partial charge is 0.462 e. The number of carbonyl (C=O) groups excluding carboxylic acids is 1. The predicted molar refractivity (Wildman–Crippen MR) is 62.7 cm³/mol. The van der Waals surface area contributed by atoms with Crippen molar-refractivity contribution in [2.24, 2.45) is 0 Å². The monoisotopic (exact) mass is 233 g/mol. The maximum Gasteiger partial charge on any atom is 0.339 e. The summed E-state index contributed by atoms with van der Waals surface area (Å²) in [5.41, 5.74) is 3.62. The topological polar surface area (TPSA) is 47.6 Å². The summed E-state index contributed by atoms with van der Waals surface area (Å²) in [5, 5.41) is 0. The number of esters is 1. The molecule has 0 amide bonds. The first-order chi connectivity index (χ1) is 8.18. The average molecular weight is 233 g/mol. The van der Waals surface area contributed by atoms with Gasteiger partial charge in [-0.2, -0.15) is 0 Å². The van der Waals surface area contributed by atoms with Gasteiger partial charge in [-0.15, -0.1) is 5.48 Å². The van der Waals surface area contributed by atoms with Crippen LogP contribution in [0.15, 0.2) is 42.2 Å². The number of nitrogens with one attached hydrogen (secondary N) is 1. The fraction of sp³-hybridized carbons (Fsp3) is 0.308. The van der Waals surface area contributed by atoms with Gasteiger partial charge < -0.3 is 9.57 Å². The van der Waals surface area contributed by atoms with E-state index in [9.17, 15) is 4.79 Å². The molecular formula is C13H15NO3. The molecule has 0 aromatic heterocycles. The van der Waals surface area contributed by atoms with Gasteiger partial charge in [-0.3, -0.25) is 0 Å². The highest BCUT2D eigenvalue weighted by molar-refractivity contribution is 5.91. The zero-order chi connectivity index (χ0) is 12.3. The second kappa shape index (κ2) is 4.59. The summed E-state index contributed by atoms with van der Waals surface area (Å²) in [4.78, 5) is 16.9. The summed E-state index contributed by atoms with van der Waals surface area (Å²) in [5.74, 6) is -0.358. The van der Waals surface area contributed by atoms with Gasteiger partial charge in [0, 0.05) is 0 Å². The van der Waals surface area contributed by atoms with Crippen LogP contribution < -0.4 is 5.48 Å². The second-order valence-electron chi connectivity index (χ2n) is 3.96. The van der Waals surface area contributed by atoms with Crippen molar-refractivity contribution in [3.8, 4) is 0 Å². The molecule has 0 saturated heterocycles. The third-order valence-electron chi connectivity index (χ3n) is 2.82. The van der Waals surface area contributed by atoms with E-state index in [4.69, 9.17) is 9.57 Å². The normalized spacial score (nSPS) is 22.8. The van der Waals surface area contributed by atoms with E-state index in [1.165, 1.54) is 6.26 Å². The Labute approximate surface area is 100 Å². The summed E-state index contributed by atoms with van der Waals surface area (Å²) in [6.45, 7) is 4.01. The second-order valence-corrected chi connectivity index (χ2v) is 3.96. The molecule has 1 aromatic carbocycles. The van der Waals surface area contributed by atoms with Crippen LogP contribution in [-0.2, 0) is 19.9 Å². The summed E-state index contributed by atoms with van der Waals surface area (Å²) in [6, 6.07) is 9.65. The van der Waals surface area contributed by atoms with Crippen LogP contribution in [0, 0.1) is 0 Å². The van der Waals surface area contributed by atoms with Crippen LogP contribution in [0.4, 0.5) is 0 Å². The van der Waals surface area contributed by atoms with E-state index in [0.29, 0.717) is 12.2 Å². The number of carbonyl (C=O) groups is 1. The summed E-state index contributed by atoms with van der Waals surface area (Å²) in [7, 11) is 0. The highest BCUT2D eigenvalue weighted by atomic mass is 16.6. The quantitative estimate of drug-likeness (QED) is 0.810. The number of benzene rings is 1. The lowest BCUT2D eigenvalue weighted by Gasteiger charge is -2.25. The van der Waals surface area contributed by atoms with Gasteiger partial charge >= 0.3 is 5.97 Å². The van der Waals surface area contributed by atoms with Crippen LogP contribution in [0.5, 0.6) is 0 Å². The van der Waals surface area contributed by atoms with E-state index in [0.717, 1.165) is 5.56 Å². The highest BCUT2D eigenvalue weighted by Crippen LogP contribution is 2.33. The minimum Gasteiger partial charge on any atom is -0.462 e. The Kier molecular flexibility index (Phi) is 3.15. The van der Waals surface area contributed by atoms with E-state index in [2.05, 4.69) is 5.48 Å². The maximum atomic E-state index is 11.8. The van der Waals surface area contributed by atoms with Crippen LogP contribution >= 0.6 is 0 Å². The van der Waals surface area contributed by atoms with E-state index in [1.54, 1.807) is 6.92 Å². The molecule has 0 fully saturated rings. The molecule has 1 N–H and O–H groups in total. The SMILES string of the molecule is CCOC(=O)C1=CONC1(C)c1ccccc1. The lowest BCUT2D eigenvalue weighted by Crippen LogP contribution is -2.38. The molecule has 1 aliphatic rings. The van der Waals surface area contributed by atoms with Gasteiger partial charge in [0.1, 0.15) is 17.4 Å². The number of hydrogen-bond acceptors (Lipinski definition) is 4. The molecule has 0 aliphatic carbocycles. The molecule has 4 heteroatoms. The first-order valence-electron chi connectivity index (χ1n) is 5.54. The number of ether oxygens (including phenoxy) is 1. The lowest BCUT2D eigenvalue weighted by molar-refractivity contribution is -0.139. The Morgan fingerprint density at radius 1 is 1.41 bits per heavy atom. The molecule has 90 valence electrons. The molecule has 0 saturated carbocycles. The molecule has 0 spiro atoms. The third-order valence-corrected chi connectivity index (χ3v) is 2.82. The number of rotatable bonds is 3. The minimum absolute atomic E-state index is 0.348.